The normalized spacial score (nSPS) is 19.4. The zero-order valence-corrected chi connectivity index (χ0v) is 8.54. The fraction of sp³-hybridized carbons (Fsp3) is 0.667. The lowest BCUT2D eigenvalue weighted by Crippen LogP contribution is -2.35. The van der Waals surface area contributed by atoms with Crippen LogP contribution in [0.5, 0.6) is 0 Å². The number of imidazole rings is 1. The molecule has 1 aliphatic rings. The Kier molecular flexibility index (Phi) is 2.44. The molecule has 0 aliphatic carbocycles. The van der Waals surface area contributed by atoms with E-state index in [1.54, 1.807) is 0 Å². The van der Waals surface area contributed by atoms with Crippen LogP contribution >= 0.6 is 11.6 Å². The van der Waals surface area contributed by atoms with Crippen molar-refractivity contribution in [1.82, 2.24) is 9.55 Å². The number of hydrogen-bond donors (Lipinski definition) is 0. The Morgan fingerprint density at radius 1 is 1.46 bits per heavy atom. The second kappa shape index (κ2) is 3.58. The summed E-state index contributed by atoms with van der Waals surface area (Å²) in [6, 6.07) is 0. The first-order valence-electron chi connectivity index (χ1n) is 4.63. The molecule has 0 aromatic carbocycles. The van der Waals surface area contributed by atoms with Gasteiger partial charge in [0.2, 0.25) is 5.95 Å². The van der Waals surface area contributed by atoms with Crippen LogP contribution < -0.4 is 4.90 Å². The van der Waals surface area contributed by atoms with Gasteiger partial charge in [-0.3, -0.25) is 0 Å². The summed E-state index contributed by atoms with van der Waals surface area (Å²) in [6.45, 7) is 2.05. The Balaban J connectivity index is 2.06. The van der Waals surface area contributed by atoms with E-state index in [1.165, 1.54) is 0 Å². The SMILES string of the molecule is Cn1ccnc1N1CCC(Cl)CC1. The lowest BCUT2D eigenvalue weighted by molar-refractivity contribution is 0.569. The molecule has 3 nitrogen and oxygen atoms in total. The molecule has 0 N–H and O–H groups in total. The molecule has 4 heteroatoms. The first-order chi connectivity index (χ1) is 6.27. The van der Waals surface area contributed by atoms with Gasteiger partial charge in [0.25, 0.3) is 0 Å². The molecule has 72 valence electrons. The maximum absolute atomic E-state index is 6.03. The van der Waals surface area contributed by atoms with E-state index in [-0.39, 0.29) is 0 Å². The summed E-state index contributed by atoms with van der Waals surface area (Å²) in [5.41, 5.74) is 0. The van der Waals surface area contributed by atoms with Gasteiger partial charge in [0.05, 0.1) is 0 Å². The van der Waals surface area contributed by atoms with E-state index in [9.17, 15) is 0 Å². The van der Waals surface area contributed by atoms with Crippen LogP contribution in [-0.2, 0) is 7.05 Å². The summed E-state index contributed by atoms with van der Waals surface area (Å²) >= 11 is 6.03. The third kappa shape index (κ3) is 1.80. The fourth-order valence-electron chi connectivity index (χ4n) is 1.71. The van der Waals surface area contributed by atoms with Gasteiger partial charge in [-0.2, -0.15) is 0 Å². The Morgan fingerprint density at radius 3 is 2.69 bits per heavy atom. The van der Waals surface area contributed by atoms with Crippen molar-refractivity contribution in [2.45, 2.75) is 18.2 Å². The van der Waals surface area contributed by atoms with E-state index in [4.69, 9.17) is 11.6 Å². The molecule has 13 heavy (non-hydrogen) atoms. The number of anilines is 1. The van der Waals surface area contributed by atoms with Gasteiger partial charge in [0.15, 0.2) is 0 Å². The van der Waals surface area contributed by atoms with Crippen LogP contribution in [-0.4, -0.2) is 28.0 Å². The molecule has 2 heterocycles. The van der Waals surface area contributed by atoms with Crippen LogP contribution in [0.3, 0.4) is 0 Å². The minimum absolute atomic E-state index is 0.358. The lowest BCUT2D eigenvalue weighted by atomic mass is 10.1. The Bertz CT molecular complexity index is 276. The number of hydrogen-bond acceptors (Lipinski definition) is 2. The molecule has 0 saturated carbocycles. The highest BCUT2D eigenvalue weighted by Crippen LogP contribution is 2.20. The van der Waals surface area contributed by atoms with Gasteiger partial charge >= 0.3 is 0 Å². The number of aryl methyl sites for hydroxylation is 1. The molecule has 0 unspecified atom stereocenters. The molecule has 0 amide bonds. The molecule has 1 aromatic rings. The second-order valence-corrected chi connectivity index (χ2v) is 4.12. The Labute approximate surface area is 83.3 Å². The quantitative estimate of drug-likeness (QED) is 0.642. The zero-order valence-electron chi connectivity index (χ0n) is 7.78. The second-order valence-electron chi connectivity index (χ2n) is 3.50. The summed E-state index contributed by atoms with van der Waals surface area (Å²) in [6.07, 6.45) is 5.94. The average Bonchev–Trinajstić information content (AvgIpc) is 2.53. The molecule has 1 aliphatic heterocycles. The van der Waals surface area contributed by atoms with Crippen LogP contribution in [0.15, 0.2) is 12.4 Å². The summed E-state index contributed by atoms with van der Waals surface area (Å²) < 4.78 is 2.05. The molecule has 0 radical (unpaired) electrons. The highest BCUT2D eigenvalue weighted by atomic mass is 35.5. The van der Waals surface area contributed by atoms with Gasteiger partial charge in [-0.1, -0.05) is 0 Å². The number of halogens is 1. The van der Waals surface area contributed by atoms with Gasteiger partial charge in [0, 0.05) is 37.9 Å². The van der Waals surface area contributed by atoms with Crippen molar-refractivity contribution in [2.24, 2.45) is 7.05 Å². The topological polar surface area (TPSA) is 21.1 Å². The third-order valence-corrected chi connectivity index (χ3v) is 2.94. The number of nitrogens with zero attached hydrogens (tertiary/aromatic N) is 3. The maximum atomic E-state index is 6.03. The van der Waals surface area contributed by atoms with E-state index in [0.29, 0.717) is 5.38 Å². The predicted octanol–water partition coefficient (Wildman–Crippen LogP) is 1.63. The minimum atomic E-state index is 0.358. The number of aromatic nitrogens is 2. The molecule has 0 spiro atoms. The summed E-state index contributed by atoms with van der Waals surface area (Å²) in [5.74, 6) is 1.06. The molecule has 0 atom stereocenters. The van der Waals surface area contributed by atoms with E-state index in [0.717, 1.165) is 31.9 Å². The van der Waals surface area contributed by atoms with Crippen LogP contribution in [0.4, 0.5) is 5.95 Å². The smallest absolute Gasteiger partial charge is 0.205 e. The first-order valence-corrected chi connectivity index (χ1v) is 5.07. The number of piperidine rings is 1. The fourth-order valence-corrected chi connectivity index (χ4v) is 1.91. The van der Waals surface area contributed by atoms with Crippen LogP contribution in [0.2, 0.25) is 0 Å². The largest absolute Gasteiger partial charge is 0.342 e. The maximum Gasteiger partial charge on any atom is 0.205 e. The van der Waals surface area contributed by atoms with Crippen molar-refractivity contribution >= 4 is 17.5 Å². The summed E-state index contributed by atoms with van der Waals surface area (Å²) in [7, 11) is 2.02. The molecule has 1 fully saturated rings. The van der Waals surface area contributed by atoms with Crippen molar-refractivity contribution in [2.75, 3.05) is 18.0 Å². The van der Waals surface area contributed by atoms with Gasteiger partial charge in [-0.05, 0) is 12.8 Å². The average molecular weight is 200 g/mol. The van der Waals surface area contributed by atoms with E-state index < -0.39 is 0 Å². The summed E-state index contributed by atoms with van der Waals surface area (Å²) in [5, 5.41) is 0.358. The third-order valence-electron chi connectivity index (χ3n) is 2.50. The molecule has 1 saturated heterocycles. The molecule has 0 bridgehead atoms. The van der Waals surface area contributed by atoms with Crippen LogP contribution in [0.1, 0.15) is 12.8 Å². The van der Waals surface area contributed by atoms with Gasteiger partial charge in [-0.25, -0.2) is 4.98 Å². The van der Waals surface area contributed by atoms with Gasteiger partial charge in [0.1, 0.15) is 0 Å². The van der Waals surface area contributed by atoms with Gasteiger partial charge < -0.3 is 9.47 Å². The summed E-state index contributed by atoms with van der Waals surface area (Å²) in [4.78, 5) is 6.60. The minimum Gasteiger partial charge on any atom is -0.342 e. The van der Waals surface area contributed by atoms with Crippen molar-refractivity contribution in [3.63, 3.8) is 0 Å². The lowest BCUT2D eigenvalue weighted by Gasteiger charge is -2.29. The molecule has 2 rings (SSSR count). The van der Waals surface area contributed by atoms with Crippen molar-refractivity contribution in [1.29, 1.82) is 0 Å². The molecular weight excluding hydrogens is 186 g/mol. The van der Waals surface area contributed by atoms with E-state index in [1.807, 2.05) is 19.4 Å². The molecular formula is C9H14ClN3. The predicted molar refractivity (Wildman–Crippen MR) is 54.3 cm³/mol. The van der Waals surface area contributed by atoms with Crippen molar-refractivity contribution < 1.29 is 0 Å². The van der Waals surface area contributed by atoms with Crippen LogP contribution in [0.25, 0.3) is 0 Å². The van der Waals surface area contributed by atoms with Crippen LogP contribution in [0, 0.1) is 0 Å². The Hall–Kier alpha value is -0.700. The van der Waals surface area contributed by atoms with E-state index >= 15 is 0 Å². The monoisotopic (exact) mass is 199 g/mol. The Morgan fingerprint density at radius 2 is 2.15 bits per heavy atom. The number of alkyl halides is 1. The van der Waals surface area contributed by atoms with Crippen molar-refractivity contribution in [3.8, 4) is 0 Å². The van der Waals surface area contributed by atoms with Gasteiger partial charge in [-0.15, -0.1) is 11.6 Å². The first kappa shape index (κ1) is 8.88. The van der Waals surface area contributed by atoms with Crippen molar-refractivity contribution in [3.05, 3.63) is 12.4 Å². The van der Waals surface area contributed by atoms with E-state index in [2.05, 4.69) is 14.5 Å². The molecule has 1 aromatic heterocycles. The standard InChI is InChI=1S/C9H14ClN3/c1-12-7-4-11-9(12)13-5-2-8(10)3-6-13/h4,7-8H,2-3,5-6H2,1H3. The highest BCUT2D eigenvalue weighted by Gasteiger charge is 2.19. The highest BCUT2D eigenvalue weighted by molar-refractivity contribution is 6.20. The number of rotatable bonds is 1. The zero-order chi connectivity index (χ0) is 9.26.